The number of phenols is 1. The zero-order valence-electron chi connectivity index (χ0n) is 13.8. The Balaban J connectivity index is 0.00000210. The molecule has 4 rings (SSSR count). The van der Waals surface area contributed by atoms with Gasteiger partial charge in [0.15, 0.2) is 11.5 Å². The van der Waals surface area contributed by atoms with E-state index in [1.807, 2.05) is 0 Å². The van der Waals surface area contributed by atoms with Gasteiger partial charge in [0.25, 0.3) is 5.91 Å². The first-order chi connectivity index (χ1) is 12.2. The van der Waals surface area contributed by atoms with Crippen LogP contribution in [0, 0.1) is 0 Å². The maximum Gasteiger partial charge on any atom is 1.00 e. The molecule has 0 aromatic heterocycles. The molecule has 4 N–H and O–H groups in total. The number of hydrogen-bond donors (Lipinski definition) is 4. The van der Waals surface area contributed by atoms with Crippen LogP contribution in [0.5, 0.6) is 17.2 Å². The molecule has 1 aliphatic carbocycles. The van der Waals surface area contributed by atoms with Crippen molar-refractivity contribution in [2.75, 3.05) is 6.79 Å². The van der Waals surface area contributed by atoms with Gasteiger partial charge in [-0.1, -0.05) is 0 Å². The van der Waals surface area contributed by atoms with E-state index in [-0.39, 0.29) is 64.5 Å². The predicted octanol–water partition coefficient (Wildman–Crippen LogP) is -4.80. The van der Waals surface area contributed by atoms with Gasteiger partial charge in [0.2, 0.25) is 22.9 Å². The average Bonchev–Trinajstić information content (AvgIpc) is 3.01. The number of amides is 1. The summed E-state index contributed by atoms with van der Waals surface area (Å²) >= 11 is 0. The number of fused-ring (bicyclic) bond motifs is 4. The zero-order valence-corrected chi connectivity index (χ0v) is 16.6. The first kappa shape index (κ1) is 20.4. The van der Waals surface area contributed by atoms with E-state index in [0.29, 0.717) is 0 Å². The molecule has 4 atom stereocenters. The fourth-order valence-corrected chi connectivity index (χ4v) is 3.81. The second-order valence-corrected chi connectivity index (χ2v) is 6.91. The molecule has 1 aromatic carbocycles. The van der Waals surface area contributed by atoms with Crippen LogP contribution in [0.15, 0.2) is 12.1 Å². The van der Waals surface area contributed by atoms with Crippen molar-refractivity contribution in [2.24, 2.45) is 0 Å². The van der Waals surface area contributed by atoms with Crippen LogP contribution >= 0.6 is 0 Å². The second kappa shape index (κ2) is 6.90. The van der Waals surface area contributed by atoms with E-state index >= 15 is 0 Å². The third-order valence-corrected chi connectivity index (χ3v) is 4.85. The van der Waals surface area contributed by atoms with Crippen LogP contribution in [-0.2, 0) is 14.6 Å². The van der Waals surface area contributed by atoms with E-state index in [0.717, 1.165) is 0 Å². The molecule has 140 valence electrons. The van der Waals surface area contributed by atoms with Gasteiger partial charge in [0, 0.05) is 5.56 Å². The van der Waals surface area contributed by atoms with E-state index in [1.165, 1.54) is 12.1 Å². The van der Waals surface area contributed by atoms with Crippen LogP contribution < -0.4 is 44.3 Å². The number of phenolic OH excluding ortho intramolecular Hbond substituents is 1. The molecule has 0 saturated carbocycles. The molecule has 0 unspecified atom stereocenters. The summed E-state index contributed by atoms with van der Waals surface area (Å²) in [7, 11) is -5.24. The number of aromatic hydroxyl groups is 1. The Bertz CT molecular complexity index is 946. The van der Waals surface area contributed by atoms with Crippen LogP contribution in [0.4, 0.5) is 0 Å². The molecule has 0 bridgehead atoms. The first-order valence-electron chi connectivity index (χ1n) is 7.36. The Morgan fingerprint density at radius 1 is 1.30 bits per heavy atom. The molecule has 3 aliphatic rings. The number of ether oxygens (including phenoxy) is 2. The van der Waals surface area contributed by atoms with Crippen LogP contribution in [0.2, 0.25) is 0 Å². The largest absolute Gasteiger partial charge is 1.00 e. The van der Waals surface area contributed by atoms with E-state index in [9.17, 15) is 33.1 Å². The van der Waals surface area contributed by atoms with Crippen LogP contribution in [0.3, 0.4) is 0 Å². The topological polar surface area (TPSA) is 175 Å². The van der Waals surface area contributed by atoms with Gasteiger partial charge >= 0.3 is 29.6 Å². The number of benzene rings is 1. The Morgan fingerprint density at radius 2 is 2.00 bits per heavy atom. The van der Waals surface area contributed by atoms with Gasteiger partial charge in [-0.25, -0.2) is 8.42 Å². The molecular weight excluding hydrogens is 397 g/mol. The van der Waals surface area contributed by atoms with Crippen molar-refractivity contribution in [3.63, 3.8) is 0 Å². The van der Waals surface area contributed by atoms with Gasteiger partial charge in [-0.2, -0.15) is 0 Å². The quantitative estimate of drug-likeness (QED) is 0.211. The average molecular weight is 409 g/mol. The fourth-order valence-electron chi connectivity index (χ4n) is 3.32. The predicted molar refractivity (Wildman–Crippen MR) is 80.0 cm³/mol. The molecule has 27 heavy (non-hydrogen) atoms. The summed E-state index contributed by atoms with van der Waals surface area (Å²) in [5, 5.41) is 32.7. The Labute approximate surface area is 174 Å². The summed E-state index contributed by atoms with van der Waals surface area (Å²) in [5.74, 6) is -1.17. The zero-order chi connectivity index (χ0) is 18.8. The molecule has 0 radical (unpaired) electrons. The maximum absolute atomic E-state index is 12.4. The van der Waals surface area contributed by atoms with E-state index in [4.69, 9.17) is 9.47 Å². The van der Waals surface area contributed by atoms with Gasteiger partial charge in [-0.15, -0.1) is 0 Å². The fraction of sp³-hybridized carbons (Fsp3) is 0.357. The third kappa shape index (κ3) is 3.32. The standard InChI is InChI=1S/C14H13NO10S.Na/c16-6-1-5-4-2-7-12(24-3-23-7)11(18)8(4)14(19)15-9(5)13(10(6)17)25-26(20,21)22;/h1-2,6,9-10,13,16-18H,3H2,(H,15,19)(H,20,21,22);/q;+1/p-1/t6-,9+,10+,13-;/m0./s1. The summed E-state index contributed by atoms with van der Waals surface area (Å²) < 4.78 is 47.6. The number of aliphatic hydroxyl groups excluding tert-OH is 2. The molecule has 11 nitrogen and oxygen atoms in total. The Morgan fingerprint density at radius 3 is 2.67 bits per heavy atom. The molecule has 13 heteroatoms. The van der Waals surface area contributed by atoms with Crippen LogP contribution in [-0.4, -0.2) is 65.3 Å². The van der Waals surface area contributed by atoms with Crippen LogP contribution in [0.25, 0.3) is 5.57 Å². The van der Waals surface area contributed by atoms with Gasteiger partial charge in [-0.3, -0.25) is 8.98 Å². The molecule has 0 fully saturated rings. The molecule has 2 heterocycles. The summed E-state index contributed by atoms with van der Waals surface area (Å²) in [5.41, 5.74) is 0.104. The van der Waals surface area contributed by atoms with Crippen molar-refractivity contribution in [1.29, 1.82) is 0 Å². The molecule has 1 amide bonds. The maximum atomic E-state index is 12.4. The Hall–Kier alpha value is -1.38. The second-order valence-electron chi connectivity index (χ2n) is 5.90. The minimum absolute atomic E-state index is 0. The summed E-state index contributed by atoms with van der Waals surface area (Å²) in [6.45, 7) is -0.169. The van der Waals surface area contributed by atoms with Gasteiger partial charge < -0.3 is 34.7 Å². The van der Waals surface area contributed by atoms with E-state index in [1.54, 1.807) is 0 Å². The van der Waals surface area contributed by atoms with Crippen molar-refractivity contribution in [3.05, 3.63) is 23.3 Å². The van der Waals surface area contributed by atoms with E-state index in [2.05, 4.69) is 9.50 Å². The minimum atomic E-state index is -5.24. The summed E-state index contributed by atoms with van der Waals surface area (Å²) in [4.78, 5) is 12.4. The van der Waals surface area contributed by atoms with Crippen molar-refractivity contribution < 1.29 is 76.3 Å². The van der Waals surface area contributed by atoms with Gasteiger partial charge in [0.1, 0.15) is 18.3 Å². The number of hydrogen-bond acceptors (Lipinski definition) is 10. The third-order valence-electron chi connectivity index (χ3n) is 4.39. The van der Waals surface area contributed by atoms with Gasteiger partial charge in [-0.05, 0) is 17.7 Å². The normalized spacial score (nSPS) is 28.4. The molecular formula is C14H12NNaO10S. The summed E-state index contributed by atoms with van der Waals surface area (Å²) in [6.07, 6.45) is -3.94. The summed E-state index contributed by atoms with van der Waals surface area (Å²) in [6, 6.07) is 0.124. The number of aliphatic hydroxyl groups is 2. The SMILES string of the molecule is O=C1N[C@@H]2C(=C[C@H](O)[C@@H](O)[C@H]2OS(=O)(=O)[O-])c2cc3c(c(O)c21)OCO3.[Na+]. The van der Waals surface area contributed by atoms with E-state index < -0.39 is 46.4 Å². The smallest absolute Gasteiger partial charge is 0.726 e. The van der Waals surface area contributed by atoms with Crippen molar-refractivity contribution >= 4 is 21.9 Å². The monoisotopic (exact) mass is 409 g/mol. The number of rotatable bonds is 2. The molecule has 2 aliphatic heterocycles. The number of carbonyl (C=O) groups excluding carboxylic acids is 1. The van der Waals surface area contributed by atoms with Crippen LogP contribution in [0.1, 0.15) is 15.9 Å². The van der Waals surface area contributed by atoms with Crippen molar-refractivity contribution in [2.45, 2.75) is 24.4 Å². The van der Waals surface area contributed by atoms with Crippen molar-refractivity contribution in [1.82, 2.24) is 5.32 Å². The first-order valence-corrected chi connectivity index (χ1v) is 8.69. The molecule has 0 spiro atoms. The molecule has 1 aromatic rings. The number of carbonyl (C=O) groups is 1. The molecule has 0 saturated heterocycles. The van der Waals surface area contributed by atoms with Gasteiger partial charge in [0.05, 0.1) is 11.6 Å². The van der Waals surface area contributed by atoms with Crippen molar-refractivity contribution in [3.8, 4) is 17.2 Å². The minimum Gasteiger partial charge on any atom is -0.726 e. The Kier molecular flexibility index (Phi) is 5.20. The number of nitrogens with one attached hydrogen (secondary N) is 1.